The molecule has 0 radical (unpaired) electrons. The molecular formula is C24H21F3N2O3. The lowest BCUT2D eigenvalue weighted by molar-refractivity contribution is -0.138. The number of nitrogen functional groups attached to an aromatic ring is 1. The van der Waals surface area contributed by atoms with Crippen molar-refractivity contribution in [3.05, 3.63) is 77.9 Å². The minimum absolute atomic E-state index is 0.0543. The molecule has 0 unspecified atom stereocenters. The number of nitrogens with zero attached hydrogens (tertiary/aromatic N) is 1. The van der Waals surface area contributed by atoms with Gasteiger partial charge in [-0.3, -0.25) is 4.79 Å². The van der Waals surface area contributed by atoms with Crippen LogP contribution >= 0.6 is 0 Å². The zero-order valence-corrected chi connectivity index (χ0v) is 17.2. The third-order valence-corrected chi connectivity index (χ3v) is 5.38. The first-order valence-corrected chi connectivity index (χ1v) is 9.94. The number of hydrogen-bond donors (Lipinski definition) is 1. The molecule has 1 heterocycles. The molecular weight excluding hydrogens is 421 g/mol. The summed E-state index contributed by atoms with van der Waals surface area (Å²) in [5.74, 6) is -0.0880. The van der Waals surface area contributed by atoms with Crippen molar-refractivity contribution >= 4 is 17.3 Å². The van der Waals surface area contributed by atoms with Crippen molar-refractivity contribution in [3.8, 4) is 17.2 Å². The van der Waals surface area contributed by atoms with Crippen LogP contribution in [0.25, 0.3) is 0 Å². The van der Waals surface area contributed by atoms with Crippen molar-refractivity contribution < 1.29 is 27.4 Å². The van der Waals surface area contributed by atoms with E-state index in [1.807, 2.05) is 6.07 Å². The Morgan fingerprint density at radius 3 is 2.47 bits per heavy atom. The van der Waals surface area contributed by atoms with E-state index in [4.69, 9.17) is 15.2 Å². The lowest BCUT2D eigenvalue weighted by Crippen LogP contribution is -2.24. The number of alkyl halides is 3. The Balaban J connectivity index is 1.63. The molecule has 166 valence electrons. The molecule has 3 aromatic carbocycles. The van der Waals surface area contributed by atoms with Gasteiger partial charge in [-0.05, 0) is 48.0 Å². The van der Waals surface area contributed by atoms with Gasteiger partial charge in [0.25, 0.3) is 0 Å². The fourth-order valence-electron chi connectivity index (χ4n) is 3.81. The van der Waals surface area contributed by atoms with Crippen LogP contribution in [0.2, 0.25) is 0 Å². The summed E-state index contributed by atoms with van der Waals surface area (Å²) < 4.78 is 51.1. The molecule has 5 nitrogen and oxygen atoms in total. The summed E-state index contributed by atoms with van der Waals surface area (Å²) >= 11 is 0. The number of hydrogen-bond acceptors (Lipinski definition) is 4. The highest BCUT2D eigenvalue weighted by Gasteiger charge is 2.35. The minimum Gasteiger partial charge on any atom is -0.493 e. The first kappa shape index (κ1) is 21.5. The monoisotopic (exact) mass is 442 g/mol. The maximum Gasteiger partial charge on any atom is 0.419 e. The molecule has 1 aliphatic heterocycles. The molecule has 2 N–H and O–H groups in total. The number of carbonyl (C=O) groups is 1. The van der Waals surface area contributed by atoms with Crippen LogP contribution in [0.3, 0.4) is 0 Å². The van der Waals surface area contributed by atoms with Gasteiger partial charge in [-0.2, -0.15) is 13.2 Å². The molecule has 1 fully saturated rings. The molecule has 32 heavy (non-hydrogen) atoms. The van der Waals surface area contributed by atoms with E-state index in [9.17, 15) is 18.0 Å². The van der Waals surface area contributed by atoms with Crippen LogP contribution in [0.15, 0.2) is 66.7 Å². The molecule has 1 amide bonds. The van der Waals surface area contributed by atoms with Gasteiger partial charge in [0.2, 0.25) is 5.91 Å². The summed E-state index contributed by atoms with van der Waals surface area (Å²) in [4.78, 5) is 14.3. The highest BCUT2D eigenvalue weighted by molar-refractivity contribution is 5.96. The number of para-hydroxylation sites is 1. The summed E-state index contributed by atoms with van der Waals surface area (Å²) in [6, 6.07) is 17.1. The van der Waals surface area contributed by atoms with Gasteiger partial charge in [-0.15, -0.1) is 0 Å². The first-order valence-electron chi connectivity index (χ1n) is 9.94. The summed E-state index contributed by atoms with van der Waals surface area (Å²) in [6.07, 6.45) is -4.29. The summed E-state index contributed by atoms with van der Waals surface area (Å²) in [6.45, 7) is 0.424. The zero-order chi connectivity index (χ0) is 22.9. The number of ether oxygens (including phenoxy) is 2. The fourth-order valence-corrected chi connectivity index (χ4v) is 3.81. The predicted octanol–water partition coefficient (Wildman–Crippen LogP) is 5.61. The van der Waals surface area contributed by atoms with Gasteiger partial charge in [0.15, 0.2) is 11.5 Å². The van der Waals surface area contributed by atoms with Crippen molar-refractivity contribution in [1.82, 2.24) is 0 Å². The third-order valence-electron chi connectivity index (χ3n) is 5.38. The van der Waals surface area contributed by atoms with Crippen molar-refractivity contribution in [2.24, 2.45) is 0 Å². The smallest absolute Gasteiger partial charge is 0.419 e. The van der Waals surface area contributed by atoms with Gasteiger partial charge in [-0.25, -0.2) is 0 Å². The summed E-state index contributed by atoms with van der Waals surface area (Å²) in [5.41, 5.74) is 6.99. The van der Waals surface area contributed by atoms with E-state index in [2.05, 4.69) is 0 Å². The third kappa shape index (κ3) is 4.34. The maximum atomic E-state index is 13.4. The van der Waals surface area contributed by atoms with Crippen molar-refractivity contribution in [2.45, 2.75) is 18.5 Å². The molecule has 0 aliphatic carbocycles. The average molecular weight is 442 g/mol. The highest BCUT2D eigenvalue weighted by atomic mass is 19.4. The molecule has 1 saturated heterocycles. The number of carbonyl (C=O) groups excluding carboxylic acids is 1. The Bertz CT molecular complexity index is 1150. The number of rotatable bonds is 5. The van der Waals surface area contributed by atoms with Crippen LogP contribution in [-0.4, -0.2) is 19.6 Å². The molecule has 0 bridgehead atoms. The second kappa shape index (κ2) is 8.45. The van der Waals surface area contributed by atoms with E-state index < -0.39 is 11.7 Å². The number of halogens is 3. The second-order valence-electron chi connectivity index (χ2n) is 7.51. The zero-order valence-electron chi connectivity index (χ0n) is 17.2. The normalized spacial score (nSPS) is 16.3. The van der Waals surface area contributed by atoms with Gasteiger partial charge in [0.1, 0.15) is 5.75 Å². The van der Waals surface area contributed by atoms with Gasteiger partial charge in [0.05, 0.1) is 12.7 Å². The number of nitrogens with two attached hydrogens (primary N) is 1. The Hall–Kier alpha value is -3.68. The van der Waals surface area contributed by atoms with Gasteiger partial charge in [-0.1, -0.05) is 24.3 Å². The quantitative estimate of drug-likeness (QED) is 0.522. The van der Waals surface area contributed by atoms with Crippen molar-refractivity contribution in [1.29, 1.82) is 0 Å². The van der Waals surface area contributed by atoms with E-state index >= 15 is 0 Å². The van der Waals surface area contributed by atoms with Crippen LogP contribution in [0.5, 0.6) is 17.2 Å². The molecule has 1 aliphatic rings. The molecule has 0 aromatic heterocycles. The minimum atomic E-state index is -4.56. The van der Waals surface area contributed by atoms with E-state index in [1.165, 1.54) is 25.3 Å². The average Bonchev–Trinajstić information content (AvgIpc) is 3.15. The molecule has 3 aromatic rings. The van der Waals surface area contributed by atoms with Crippen LogP contribution in [0, 0.1) is 0 Å². The summed E-state index contributed by atoms with van der Waals surface area (Å²) in [5, 5.41) is 0. The van der Waals surface area contributed by atoms with E-state index in [1.54, 1.807) is 41.3 Å². The molecule has 0 saturated carbocycles. The van der Waals surface area contributed by atoms with Crippen molar-refractivity contribution in [2.75, 3.05) is 24.3 Å². The van der Waals surface area contributed by atoms with Crippen LogP contribution in [0.1, 0.15) is 23.5 Å². The Labute approximate surface area is 183 Å². The number of anilines is 2. The van der Waals surface area contributed by atoms with Crippen LogP contribution < -0.4 is 20.1 Å². The topological polar surface area (TPSA) is 64.8 Å². The molecule has 0 spiro atoms. The second-order valence-corrected chi connectivity index (χ2v) is 7.51. The lowest BCUT2D eigenvalue weighted by Gasteiger charge is -2.19. The van der Waals surface area contributed by atoms with Crippen molar-refractivity contribution in [3.63, 3.8) is 0 Å². The number of benzene rings is 3. The molecule has 1 atom stereocenters. The lowest BCUT2D eigenvalue weighted by atomic mass is 9.98. The van der Waals surface area contributed by atoms with Gasteiger partial charge >= 0.3 is 6.18 Å². The highest BCUT2D eigenvalue weighted by Crippen LogP contribution is 2.42. The predicted molar refractivity (Wildman–Crippen MR) is 115 cm³/mol. The van der Waals surface area contributed by atoms with Gasteiger partial charge < -0.3 is 20.1 Å². The largest absolute Gasteiger partial charge is 0.493 e. The molecule has 4 rings (SSSR count). The SMILES string of the molecule is COc1ccc([C@H]2CC(=O)N(c3cccc(N)c3)C2)cc1Oc1ccccc1C(F)(F)F. The summed E-state index contributed by atoms with van der Waals surface area (Å²) in [7, 11) is 1.41. The Morgan fingerprint density at radius 1 is 0.969 bits per heavy atom. The number of methoxy groups -OCH3 is 1. The Morgan fingerprint density at radius 2 is 1.75 bits per heavy atom. The van der Waals surface area contributed by atoms with E-state index in [-0.39, 0.29) is 29.7 Å². The van der Waals surface area contributed by atoms with Crippen LogP contribution in [-0.2, 0) is 11.0 Å². The Kier molecular flexibility index (Phi) is 5.69. The number of amides is 1. The fraction of sp³-hybridized carbons (Fsp3) is 0.208. The maximum absolute atomic E-state index is 13.4. The van der Waals surface area contributed by atoms with E-state index in [0.717, 1.165) is 11.6 Å². The van der Waals surface area contributed by atoms with Crippen LogP contribution in [0.4, 0.5) is 24.5 Å². The molecule has 8 heteroatoms. The first-order chi connectivity index (χ1) is 15.3. The van der Waals surface area contributed by atoms with E-state index in [0.29, 0.717) is 23.7 Å². The van der Waals surface area contributed by atoms with Gasteiger partial charge in [0, 0.05) is 30.3 Å². The standard InChI is InChI=1S/C24H21F3N2O3/c1-31-21-10-9-15(11-22(21)32-20-8-3-2-7-19(20)24(25,26)27)16-12-23(30)29(14-16)18-6-4-5-17(28)13-18/h2-11,13,16H,12,14,28H2,1H3/t16-/m0/s1.